The molecule has 1 heterocycles. The fourth-order valence-electron chi connectivity index (χ4n) is 1.50. The van der Waals surface area contributed by atoms with Crippen LogP contribution in [0, 0.1) is 0 Å². The largest absolute Gasteiger partial charge is 0.388 e. The molecule has 0 aromatic rings. The lowest BCUT2D eigenvalue weighted by atomic mass is 9.96. The average molecular weight is 243 g/mol. The summed E-state index contributed by atoms with van der Waals surface area (Å²) in [6.45, 7) is 2.00. The Hall–Kier alpha value is 0.660. The maximum atomic E-state index is 9.86. The van der Waals surface area contributed by atoms with Gasteiger partial charge in [0.05, 0.1) is 12.7 Å². The third kappa shape index (κ3) is 2.61. The van der Waals surface area contributed by atoms with Crippen molar-refractivity contribution in [1.29, 1.82) is 1.43 Å². The summed E-state index contributed by atoms with van der Waals surface area (Å²) in [6.07, 6.45) is -2.91. The van der Waals surface area contributed by atoms with Gasteiger partial charge in [-0.1, -0.05) is 0 Å². The Kier molecular flexibility index (Phi) is 4.51. The van der Waals surface area contributed by atoms with Crippen molar-refractivity contribution >= 4 is 18.9 Å². The molecular weight excluding hydrogens is 226 g/mol. The Morgan fingerprint density at radius 1 is 1.50 bits per heavy atom. The zero-order chi connectivity index (χ0) is 11.4. The van der Waals surface area contributed by atoms with Crippen LogP contribution in [0.2, 0.25) is 0 Å². The van der Waals surface area contributed by atoms with Crippen LogP contribution in [-0.4, -0.2) is 48.8 Å². The molecule has 0 aromatic carbocycles. The minimum absolute atomic E-state index is 0.241. The quantitative estimate of drug-likeness (QED) is 0.650. The van der Waals surface area contributed by atoms with E-state index in [4.69, 9.17) is 15.2 Å². The average Bonchev–Trinajstić information content (AvgIpc) is 2.22. The zero-order valence-corrected chi connectivity index (χ0v) is 10.1. The lowest BCUT2D eigenvalue weighted by molar-refractivity contribution is -0.212. The van der Waals surface area contributed by atoms with E-state index in [9.17, 15) is 5.11 Å². The first-order valence-corrected chi connectivity index (χ1v) is 5.22. The molecule has 4 unspecified atom stereocenters. The van der Waals surface area contributed by atoms with Crippen molar-refractivity contribution in [2.75, 3.05) is 6.61 Å². The van der Waals surface area contributed by atoms with E-state index in [1.165, 1.54) is 0 Å². The molecule has 2 N–H and O–H groups in total. The minimum atomic E-state index is -0.880. The number of rotatable bonds is 4. The Bertz CT molecular complexity index is 198. The molecule has 0 aromatic heterocycles. The fraction of sp³-hybridized carbons (Fsp3) is 1.00. The van der Waals surface area contributed by atoms with Gasteiger partial charge in [-0.05, 0) is 6.92 Å². The number of hydrogen-bond donors (Lipinski definition) is 2. The summed E-state index contributed by atoms with van der Waals surface area (Å²) in [6, 6.07) is 0. The van der Waals surface area contributed by atoms with Gasteiger partial charge >= 0.3 is 0 Å². The smallest absolute Gasteiger partial charge is 0.211 e. The van der Waals surface area contributed by atoms with Crippen molar-refractivity contribution in [3.8, 4) is 0 Å². The molecule has 0 amide bonds. The number of ether oxygens (including phenoxy) is 1. The standard InChI is InChI=1S/C7H16O5P2/c1-3-5(8)7(12-14)6(9)4(11-3)2-10-13/h3-9H,2,13-14H2,1H3/t3?,4?,5-,6-,7-/m1/s1/i8D. The van der Waals surface area contributed by atoms with Gasteiger partial charge in [0, 0.05) is 18.9 Å². The molecule has 1 aliphatic rings. The van der Waals surface area contributed by atoms with Crippen LogP contribution in [0.15, 0.2) is 0 Å². The van der Waals surface area contributed by atoms with Gasteiger partial charge in [-0.25, -0.2) is 0 Å². The van der Waals surface area contributed by atoms with Gasteiger partial charge in [0.15, 0.2) is 0 Å². The number of aliphatic hydroxyl groups is 2. The second-order valence-electron chi connectivity index (χ2n) is 3.27. The molecule has 1 saturated heterocycles. The van der Waals surface area contributed by atoms with E-state index >= 15 is 0 Å². The van der Waals surface area contributed by atoms with Crippen molar-refractivity contribution in [2.24, 2.45) is 0 Å². The first kappa shape index (κ1) is 11.2. The van der Waals surface area contributed by atoms with Crippen LogP contribution < -0.4 is 0 Å². The highest BCUT2D eigenvalue weighted by atomic mass is 31.0. The topological polar surface area (TPSA) is 68.2 Å². The lowest BCUT2D eigenvalue weighted by Gasteiger charge is -2.40. The van der Waals surface area contributed by atoms with E-state index in [1.54, 1.807) is 6.92 Å². The van der Waals surface area contributed by atoms with E-state index in [0.717, 1.165) is 0 Å². The molecule has 7 atom stereocenters. The first-order chi connectivity index (χ1) is 7.15. The highest BCUT2D eigenvalue weighted by Gasteiger charge is 2.42. The predicted molar refractivity (Wildman–Crippen MR) is 56.6 cm³/mol. The van der Waals surface area contributed by atoms with Crippen LogP contribution in [-0.2, 0) is 13.8 Å². The summed E-state index contributed by atoms with van der Waals surface area (Å²) >= 11 is 0. The van der Waals surface area contributed by atoms with Gasteiger partial charge < -0.3 is 24.0 Å². The Balaban J connectivity index is 2.70. The monoisotopic (exact) mass is 243 g/mol. The third-order valence-electron chi connectivity index (χ3n) is 2.31. The summed E-state index contributed by atoms with van der Waals surface area (Å²) in [4.78, 5) is 0. The van der Waals surface area contributed by atoms with Crippen molar-refractivity contribution in [2.45, 2.75) is 37.4 Å². The molecule has 0 saturated carbocycles. The molecule has 84 valence electrons. The van der Waals surface area contributed by atoms with E-state index in [-0.39, 0.29) is 12.7 Å². The molecule has 0 spiro atoms. The molecule has 0 bridgehead atoms. The summed E-state index contributed by atoms with van der Waals surface area (Å²) in [5.74, 6) is 0. The minimum Gasteiger partial charge on any atom is -0.388 e. The van der Waals surface area contributed by atoms with E-state index in [0.29, 0.717) is 0 Å². The molecule has 14 heavy (non-hydrogen) atoms. The van der Waals surface area contributed by atoms with Crippen molar-refractivity contribution in [1.82, 2.24) is 0 Å². The molecule has 0 radical (unpaired) electrons. The Morgan fingerprint density at radius 2 is 2.21 bits per heavy atom. The SMILES string of the molecule is [2H]O[C@@H]1C(C)OC(COP)[C@@H](O)[C@@H]1OP. The van der Waals surface area contributed by atoms with Crippen LogP contribution in [0.4, 0.5) is 0 Å². The van der Waals surface area contributed by atoms with Crippen LogP contribution in [0.1, 0.15) is 6.92 Å². The Morgan fingerprint density at radius 3 is 2.71 bits per heavy atom. The third-order valence-corrected chi connectivity index (χ3v) is 2.82. The fourth-order valence-corrected chi connectivity index (χ4v) is 2.00. The maximum absolute atomic E-state index is 9.86. The zero-order valence-electron chi connectivity index (χ0n) is 8.83. The number of aliphatic hydroxyl groups excluding tert-OH is 2. The predicted octanol–water partition coefficient (Wildman–Crippen LogP) is -0.523. The summed E-state index contributed by atoms with van der Waals surface area (Å²) in [5, 5.41) is 14.3. The van der Waals surface area contributed by atoms with Gasteiger partial charge in [0.25, 0.3) is 0 Å². The van der Waals surface area contributed by atoms with Crippen LogP contribution >= 0.6 is 18.9 Å². The maximum Gasteiger partial charge on any atom is 0.211 e. The highest BCUT2D eigenvalue weighted by Crippen LogP contribution is 2.25. The molecular formula is C7H16O5P2. The van der Waals surface area contributed by atoms with Gasteiger partial charge in [-0.15, -0.1) is 0 Å². The first-order valence-electron chi connectivity index (χ1n) is 4.69. The van der Waals surface area contributed by atoms with Crippen LogP contribution in [0.5, 0.6) is 0 Å². The van der Waals surface area contributed by atoms with Crippen LogP contribution in [0.3, 0.4) is 0 Å². The van der Waals surface area contributed by atoms with Crippen molar-refractivity contribution < 1.29 is 24.0 Å². The molecule has 5 nitrogen and oxygen atoms in total. The summed E-state index contributed by atoms with van der Waals surface area (Å²) in [5.41, 5.74) is 0. The van der Waals surface area contributed by atoms with Gasteiger partial charge in [0.2, 0.25) is 1.43 Å². The lowest BCUT2D eigenvalue weighted by Crippen LogP contribution is -2.57. The highest BCUT2D eigenvalue weighted by molar-refractivity contribution is 7.10. The summed E-state index contributed by atoms with van der Waals surface area (Å²) in [7, 11) is 4.16. The van der Waals surface area contributed by atoms with E-state index in [1.807, 2.05) is 0 Å². The molecule has 7 heteroatoms. The van der Waals surface area contributed by atoms with E-state index < -0.39 is 24.4 Å². The van der Waals surface area contributed by atoms with Gasteiger partial charge in [0.1, 0.15) is 24.4 Å². The molecule has 1 aliphatic heterocycles. The molecule has 1 fully saturated rings. The second-order valence-corrected chi connectivity index (χ2v) is 3.87. The number of hydrogen-bond acceptors (Lipinski definition) is 5. The van der Waals surface area contributed by atoms with Gasteiger partial charge in [-0.2, -0.15) is 0 Å². The van der Waals surface area contributed by atoms with Crippen molar-refractivity contribution in [3.63, 3.8) is 0 Å². The normalized spacial score (nSPS) is 44.9. The molecule has 1 rings (SSSR count). The van der Waals surface area contributed by atoms with Gasteiger partial charge in [-0.3, -0.25) is 0 Å². The van der Waals surface area contributed by atoms with Crippen LogP contribution in [0.25, 0.3) is 0 Å². The summed E-state index contributed by atoms with van der Waals surface area (Å²) < 4.78 is 22.2. The Labute approximate surface area is 89.2 Å². The second kappa shape index (κ2) is 5.66. The molecule has 0 aliphatic carbocycles. The van der Waals surface area contributed by atoms with E-state index in [2.05, 4.69) is 24.0 Å². The van der Waals surface area contributed by atoms with Crippen molar-refractivity contribution in [3.05, 3.63) is 0 Å².